The van der Waals surface area contributed by atoms with Crippen LogP contribution in [0.2, 0.25) is 0 Å². The van der Waals surface area contributed by atoms with Crippen molar-refractivity contribution in [2.24, 2.45) is 0 Å². The van der Waals surface area contributed by atoms with Crippen molar-refractivity contribution < 1.29 is 9.84 Å². The van der Waals surface area contributed by atoms with Crippen LogP contribution in [0, 0.1) is 0 Å². The second kappa shape index (κ2) is 4.63. The topological polar surface area (TPSA) is 81.0 Å². The molecule has 0 aliphatic heterocycles. The summed E-state index contributed by atoms with van der Waals surface area (Å²) in [5.74, 6) is 0.398. The largest absolute Gasteiger partial charge is 0.480 e. The molecule has 6 heteroatoms. The van der Waals surface area contributed by atoms with Crippen molar-refractivity contribution in [1.29, 1.82) is 0 Å². The third kappa shape index (κ3) is 2.12. The molecule has 0 spiro atoms. The van der Waals surface area contributed by atoms with E-state index in [1.54, 1.807) is 12.1 Å². The van der Waals surface area contributed by atoms with Crippen molar-refractivity contribution in [1.82, 2.24) is 20.2 Å². The van der Waals surface area contributed by atoms with Crippen LogP contribution in [0.5, 0.6) is 5.88 Å². The second-order valence-electron chi connectivity index (χ2n) is 3.03. The third-order valence-electron chi connectivity index (χ3n) is 2.01. The minimum Gasteiger partial charge on any atom is -0.480 e. The zero-order valence-electron chi connectivity index (χ0n) is 8.61. The Balaban J connectivity index is 2.24. The molecule has 1 N–H and O–H groups in total. The number of hydrogen-bond acceptors (Lipinski definition) is 6. The number of nitrogens with zero attached hydrogens (tertiary/aromatic N) is 4. The molecule has 82 valence electrons. The molecule has 1 atom stereocenters. The first-order valence-electron chi connectivity index (χ1n) is 4.63. The molecule has 0 aromatic carbocycles. The van der Waals surface area contributed by atoms with Crippen LogP contribution in [0.15, 0.2) is 30.7 Å². The minimum absolute atomic E-state index is 0.398. The fourth-order valence-electron chi connectivity index (χ4n) is 1.19. The zero-order valence-corrected chi connectivity index (χ0v) is 8.61. The highest BCUT2D eigenvalue weighted by Gasteiger charge is 2.13. The maximum absolute atomic E-state index is 9.91. The molecule has 0 aliphatic rings. The van der Waals surface area contributed by atoms with Gasteiger partial charge in [-0.25, -0.2) is 0 Å². The van der Waals surface area contributed by atoms with E-state index in [-0.39, 0.29) is 0 Å². The van der Waals surface area contributed by atoms with Gasteiger partial charge < -0.3 is 9.84 Å². The van der Waals surface area contributed by atoms with Crippen molar-refractivity contribution in [3.8, 4) is 5.88 Å². The smallest absolute Gasteiger partial charge is 0.233 e. The molecule has 2 aromatic rings. The first-order chi connectivity index (χ1) is 7.81. The summed E-state index contributed by atoms with van der Waals surface area (Å²) >= 11 is 0. The summed E-state index contributed by atoms with van der Waals surface area (Å²) in [5.41, 5.74) is 0.836. The van der Waals surface area contributed by atoms with Gasteiger partial charge in [-0.3, -0.25) is 9.97 Å². The van der Waals surface area contributed by atoms with E-state index >= 15 is 0 Å². The van der Waals surface area contributed by atoms with E-state index in [1.165, 1.54) is 25.7 Å². The Bertz CT molecular complexity index is 446. The van der Waals surface area contributed by atoms with Gasteiger partial charge in [0.1, 0.15) is 6.10 Å². The molecule has 6 nitrogen and oxygen atoms in total. The van der Waals surface area contributed by atoms with Crippen LogP contribution in [0.3, 0.4) is 0 Å². The first kappa shape index (κ1) is 10.4. The van der Waals surface area contributed by atoms with Crippen molar-refractivity contribution >= 4 is 0 Å². The quantitative estimate of drug-likeness (QED) is 0.800. The Morgan fingerprint density at radius 1 is 1.19 bits per heavy atom. The molecular weight excluding hydrogens is 208 g/mol. The van der Waals surface area contributed by atoms with Crippen molar-refractivity contribution in [2.45, 2.75) is 6.10 Å². The van der Waals surface area contributed by atoms with Crippen molar-refractivity contribution in [3.63, 3.8) is 0 Å². The van der Waals surface area contributed by atoms with Gasteiger partial charge >= 0.3 is 0 Å². The van der Waals surface area contributed by atoms with Gasteiger partial charge in [-0.15, -0.1) is 10.2 Å². The molecule has 0 bridgehead atoms. The summed E-state index contributed by atoms with van der Waals surface area (Å²) < 4.78 is 4.87. The van der Waals surface area contributed by atoms with Crippen LogP contribution in [0.25, 0.3) is 0 Å². The summed E-state index contributed by atoms with van der Waals surface area (Å²) in [5, 5.41) is 17.5. The average molecular weight is 218 g/mol. The highest BCUT2D eigenvalue weighted by Crippen LogP contribution is 2.17. The summed E-state index contributed by atoms with van der Waals surface area (Å²) in [6.45, 7) is 0. The van der Waals surface area contributed by atoms with Crippen LogP contribution < -0.4 is 4.74 Å². The molecule has 2 aromatic heterocycles. The Hall–Kier alpha value is -2.08. The van der Waals surface area contributed by atoms with Crippen LogP contribution >= 0.6 is 0 Å². The number of hydrogen-bond donors (Lipinski definition) is 1. The Morgan fingerprint density at radius 2 is 2.06 bits per heavy atom. The van der Waals surface area contributed by atoms with Gasteiger partial charge in [-0.1, -0.05) is 0 Å². The van der Waals surface area contributed by atoms with Crippen LogP contribution in [-0.2, 0) is 0 Å². The predicted molar refractivity (Wildman–Crippen MR) is 54.7 cm³/mol. The first-order valence-corrected chi connectivity index (χ1v) is 4.63. The van der Waals surface area contributed by atoms with E-state index in [0.29, 0.717) is 17.3 Å². The minimum atomic E-state index is -0.924. The van der Waals surface area contributed by atoms with Gasteiger partial charge in [0.05, 0.1) is 24.7 Å². The van der Waals surface area contributed by atoms with Crippen molar-refractivity contribution in [2.75, 3.05) is 7.11 Å². The molecule has 16 heavy (non-hydrogen) atoms. The number of aliphatic hydroxyl groups is 1. The molecule has 0 aliphatic carbocycles. The zero-order chi connectivity index (χ0) is 11.4. The van der Waals surface area contributed by atoms with E-state index in [0.717, 1.165) is 0 Å². The Kier molecular flexibility index (Phi) is 3.02. The predicted octanol–water partition coefficient (Wildman–Crippen LogP) is 0.357. The fraction of sp³-hybridized carbons (Fsp3) is 0.200. The Morgan fingerprint density at radius 3 is 2.62 bits per heavy atom. The lowest BCUT2D eigenvalue weighted by molar-refractivity contribution is 0.208. The van der Waals surface area contributed by atoms with E-state index in [4.69, 9.17) is 4.74 Å². The normalized spacial score (nSPS) is 12.1. The van der Waals surface area contributed by atoms with Gasteiger partial charge in [-0.2, -0.15) is 0 Å². The molecule has 0 amide bonds. The van der Waals surface area contributed by atoms with Crippen LogP contribution in [0.4, 0.5) is 0 Å². The van der Waals surface area contributed by atoms with Gasteiger partial charge in [0.25, 0.3) is 0 Å². The molecule has 1 unspecified atom stereocenters. The summed E-state index contributed by atoms with van der Waals surface area (Å²) in [7, 11) is 1.50. The number of aliphatic hydroxyl groups excluding tert-OH is 1. The summed E-state index contributed by atoms with van der Waals surface area (Å²) in [4.78, 5) is 7.86. The molecule has 2 heterocycles. The van der Waals surface area contributed by atoms with Crippen LogP contribution in [0.1, 0.15) is 17.5 Å². The SMILES string of the molecule is COc1ccc(C(O)c2cnccn2)nn1. The van der Waals surface area contributed by atoms with E-state index < -0.39 is 6.10 Å². The lowest BCUT2D eigenvalue weighted by Gasteiger charge is -2.07. The second-order valence-corrected chi connectivity index (χ2v) is 3.03. The van der Waals surface area contributed by atoms with Gasteiger partial charge in [0.2, 0.25) is 5.88 Å². The summed E-state index contributed by atoms with van der Waals surface area (Å²) in [6, 6.07) is 3.26. The maximum Gasteiger partial charge on any atom is 0.233 e. The van der Waals surface area contributed by atoms with E-state index in [9.17, 15) is 5.11 Å². The van der Waals surface area contributed by atoms with Gasteiger partial charge in [-0.05, 0) is 6.07 Å². The van der Waals surface area contributed by atoms with Crippen LogP contribution in [-0.4, -0.2) is 32.4 Å². The molecule has 0 fully saturated rings. The summed E-state index contributed by atoms with van der Waals surface area (Å²) in [6.07, 6.45) is 3.61. The van der Waals surface area contributed by atoms with Gasteiger partial charge in [0, 0.05) is 18.5 Å². The molecular formula is C10H10N4O2. The number of ether oxygens (including phenoxy) is 1. The lowest BCUT2D eigenvalue weighted by atomic mass is 10.2. The van der Waals surface area contributed by atoms with Crippen molar-refractivity contribution in [3.05, 3.63) is 42.1 Å². The molecule has 0 saturated heterocycles. The number of rotatable bonds is 3. The average Bonchev–Trinajstić information content (AvgIpc) is 2.39. The lowest BCUT2D eigenvalue weighted by Crippen LogP contribution is -2.06. The molecule has 2 rings (SSSR count). The standard InChI is InChI=1S/C10H10N4O2/c1-16-9-3-2-7(13-14-9)10(15)8-6-11-4-5-12-8/h2-6,10,15H,1H3. The molecule has 0 radical (unpaired) electrons. The highest BCUT2D eigenvalue weighted by molar-refractivity contribution is 5.19. The molecule has 0 saturated carbocycles. The fourth-order valence-corrected chi connectivity index (χ4v) is 1.19. The van der Waals surface area contributed by atoms with Gasteiger partial charge in [0.15, 0.2) is 0 Å². The number of aromatic nitrogens is 4. The highest BCUT2D eigenvalue weighted by atomic mass is 16.5. The Labute approximate surface area is 92.0 Å². The monoisotopic (exact) mass is 218 g/mol. The van der Waals surface area contributed by atoms with E-state index in [2.05, 4.69) is 20.2 Å². The third-order valence-corrected chi connectivity index (χ3v) is 2.01. The number of methoxy groups -OCH3 is 1. The maximum atomic E-state index is 9.91. The van der Waals surface area contributed by atoms with E-state index in [1.807, 2.05) is 0 Å².